The first-order valence-electron chi connectivity index (χ1n) is 6.34. The number of methoxy groups -OCH3 is 1. The first kappa shape index (κ1) is 14.4. The molecule has 1 atom stereocenters. The minimum atomic E-state index is -0.0279. The van der Waals surface area contributed by atoms with Gasteiger partial charge in [0.2, 0.25) is 0 Å². The van der Waals surface area contributed by atoms with Crippen LogP contribution in [0.4, 0.5) is 5.69 Å². The molecule has 3 rings (SSSR count). The van der Waals surface area contributed by atoms with Crippen molar-refractivity contribution in [3.63, 3.8) is 0 Å². The van der Waals surface area contributed by atoms with E-state index in [1.807, 2.05) is 12.1 Å². The molecule has 2 aromatic rings. The number of aromatic hydroxyl groups is 1. The second kappa shape index (κ2) is 5.66. The number of hydrogen-bond donors (Lipinski definition) is 2. The zero-order chi connectivity index (χ0) is 15.0. The van der Waals surface area contributed by atoms with Crippen molar-refractivity contribution in [1.82, 2.24) is 0 Å². The first-order valence-corrected chi connectivity index (χ1v) is 7.51. The summed E-state index contributed by atoms with van der Waals surface area (Å²) in [5, 5.41) is 13.5. The summed E-state index contributed by atoms with van der Waals surface area (Å²) < 4.78 is 11.8. The summed E-state index contributed by atoms with van der Waals surface area (Å²) in [5.41, 5.74) is 1.78. The van der Waals surface area contributed by atoms with Gasteiger partial charge in [0.1, 0.15) is 18.1 Å². The Morgan fingerprint density at radius 2 is 2.19 bits per heavy atom. The normalized spacial score (nSPS) is 16.2. The van der Waals surface area contributed by atoms with Crippen LogP contribution < -0.4 is 14.8 Å². The minimum Gasteiger partial charge on any atom is -0.508 e. The number of phenolic OH excluding ortho intramolecular Hbond substituents is 1. The average Bonchev–Trinajstić information content (AvgIpc) is 2.80. The van der Waals surface area contributed by atoms with Crippen LogP contribution in [-0.2, 0) is 0 Å². The lowest BCUT2D eigenvalue weighted by atomic mass is 10.1. The van der Waals surface area contributed by atoms with Crippen molar-refractivity contribution in [2.75, 3.05) is 19.0 Å². The van der Waals surface area contributed by atoms with Crippen LogP contribution in [0.1, 0.15) is 11.6 Å². The molecule has 0 bridgehead atoms. The lowest BCUT2D eigenvalue weighted by molar-refractivity contribution is 0.337. The molecule has 21 heavy (non-hydrogen) atoms. The smallest absolute Gasteiger partial charge is 0.156 e. The van der Waals surface area contributed by atoms with Gasteiger partial charge >= 0.3 is 0 Å². The molecule has 0 saturated carbocycles. The predicted molar refractivity (Wildman–Crippen MR) is 85.7 cm³/mol. The molecule has 110 valence electrons. The maximum Gasteiger partial charge on any atom is 0.156 e. The highest BCUT2D eigenvalue weighted by Gasteiger charge is 2.25. The van der Waals surface area contributed by atoms with Crippen LogP contribution in [0, 0.1) is 0 Å². The Labute approximate surface area is 135 Å². The van der Waals surface area contributed by atoms with E-state index in [0.29, 0.717) is 23.1 Å². The van der Waals surface area contributed by atoms with E-state index in [1.54, 1.807) is 25.3 Å². The predicted octanol–water partition coefficient (Wildman–Crippen LogP) is 4.36. The fourth-order valence-electron chi connectivity index (χ4n) is 2.38. The molecule has 6 heteroatoms. The van der Waals surface area contributed by atoms with Crippen LogP contribution in [0.5, 0.6) is 17.2 Å². The molecule has 2 N–H and O–H groups in total. The molecule has 0 saturated heterocycles. The monoisotopic (exact) mass is 369 g/mol. The SMILES string of the molecule is COc1c(Br)cc(Cl)cc1NC1COc2cc(O)ccc21. The summed E-state index contributed by atoms with van der Waals surface area (Å²) in [7, 11) is 1.61. The van der Waals surface area contributed by atoms with E-state index in [9.17, 15) is 5.11 Å². The number of ether oxygens (including phenoxy) is 2. The van der Waals surface area contributed by atoms with Gasteiger partial charge in [0.25, 0.3) is 0 Å². The van der Waals surface area contributed by atoms with Gasteiger partial charge in [-0.1, -0.05) is 11.6 Å². The number of phenols is 1. The molecule has 0 radical (unpaired) electrons. The molecular formula is C15H13BrClNO3. The highest BCUT2D eigenvalue weighted by molar-refractivity contribution is 9.10. The van der Waals surface area contributed by atoms with Crippen molar-refractivity contribution < 1.29 is 14.6 Å². The average molecular weight is 371 g/mol. The molecule has 2 aromatic carbocycles. The number of halogens is 2. The van der Waals surface area contributed by atoms with Gasteiger partial charge in [-0.25, -0.2) is 0 Å². The van der Waals surface area contributed by atoms with Crippen LogP contribution in [0.15, 0.2) is 34.8 Å². The largest absolute Gasteiger partial charge is 0.508 e. The third-order valence-corrected chi connectivity index (χ3v) is 4.13. The Kier molecular flexibility index (Phi) is 3.87. The molecule has 0 aromatic heterocycles. The van der Waals surface area contributed by atoms with E-state index in [-0.39, 0.29) is 11.8 Å². The number of hydrogen-bond acceptors (Lipinski definition) is 4. The molecule has 1 unspecified atom stereocenters. The highest BCUT2D eigenvalue weighted by atomic mass is 79.9. The number of rotatable bonds is 3. The molecule has 1 aliphatic rings. The molecule has 1 heterocycles. The number of anilines is 1. The highest BCUT2D eigenvalue weighted by Crippen LogP contribution is 2.41. The first-order chi connectivity index (χ1) is 10.1. The number of benzene rings is 2. The van der Waals surface area contributed by atoms with Crippen molar-refractivity contribution in [3.05, 3.63) is 45.4 Å². The number of fused-ring (bicyclic) bond motifs is 1. The zero-order valence-corrected chi connectivity index (χ0v) is 13.5. The van der Waals surface area contributed by atoms with E-state index in [1.165, 1.54) is 0 Å². The van der Waals surface area contributed by atoms with Gasteiger partial charge in [-0.3, -0.25) is 0 Å². The summed E-state index contributed by atoms with van der Waals surface area (Å²) in [4.78, 5) is 0. The van der Waals surface area contributed by atoms with Crippen molar-refractivity contribution in [2.24, 2.45) is 0 Å². The van der Waals surface area contributed by atoms with Crippen molar-refractivity contribution in [3.8, 4) is 17.2 Å². The van der Waals surface area contributed by atoms with Gasteiger partial charge in [0, 0.05) is 16.7 Å². The van der Waals surface area contributed by atoms with Crippen LogP contribution in [0.25, 0.3) is 0 Å². The Hall–Kier alpha value is -1.59. The lowest BCUT2D eigenvalue weighted by Crippen LogP contribution is -2.12. The van der Waals surface area contributed by atoms with E-state index in [4.69, 9.17) is 21.1 Å². The zero-order valence-electron chi connectivity index (χ0n) is 11.2. The number of nitrogens with one attached hydrogen (secondary N) is 1. The molecule has 0 amide bonds. The fourth-order valence-corrected chi connectivity index (χ4v) is 3.35. The van der Waals surface area contributed by atoms with Crippen LogP contribution in [0.3, 0.4) is 0 Å². The summed E-state index contributed by atoms with van der Waals surface area (Å²) in [6, 6.07) is 8.67. The molecule has 0 spiro atoms. The van der Waals surface area contributed by atoms with Crippen molar-refractivity contribution in [2.45, 2.75) is 6.04 Å². The van der Waals surface area contributed by atoms with Crippen molar-refractivity contribution in [1.29, 1.82) is 0 Å². The second-order valence-corrected chi connectivity index (χ2v) is 5.99. The van der Waals surface area contributed by atoms with E-state index in [2.05, 4.69) is 21.2 Å². The molecular weight excluding hydrogens is 358 g/mol. The lowest BCUT2D eigenvalue weighted by Gasteiger charge is -2.17. The van der Waals surface area contributed by atoms with Gasteiger partial charge in [-0.05, 0) is 40.2 Å². The summed E-state index contributed by atoms with van der Waals surface area (Å²) >= 11 is 9.53. The van der Waals surface area contributed by atoms with Gasteiger partial charge < -0.3 is 19.9 Å². The Bertz CT molecular complexity index is 693. The Balaban J connectivity index is 1.93. The van der Waals surface area contributed by atoms with E-state index < -0.39 is 0 Å². The summed E-state index contributed by atoms with van der Waals surface area (Å²) in [5.74, 6) is 1.57. The topological polar surface area (TPSA) is 50.7 Å². The van der Waals surface area contributed by atoms with E-state index >= 15 is 0 Å². The quantitative estimate of drug-likeness (QED) is 0.843. The second-order valence-electron chi connectivity index (χ2n) is 4.70. The minimum absolute atomic E-state index is 0.0279. The summed E-state index contributed by atoms with van der Waals surface area (Å²) in [6.45, 7) is 0.478. The van der Waals surface area contributed by atoms with E-state index in [0.717, 1.165) is 15.7 Å². The maximum atomic E-state index is 9.48. The van der Waals surface area contributed by atoms with Crippen LogP contribution in [0.2, 0.25) is 5.02 Å². The Morgan fingerprint density at radius 1 is 1.38 bits per heavy atom. The third kappa shape index (κ3) is 2.76. The molecule has 0 aliphatic carbocycles. The maximum absolute atomic E-state index is 9.48. The van der Waals surface area contributed by atoms with Crippen molar-refractivity contribution >= 4 is 33.2 Å². The van der Waals surface area contributed by atoms with Gasteiger partial charge in [0.15, 0.2) is 5.75 Å². The third-order valence-electron chi connectivity index (χ3n) is 3.32. The molecule has 1 aliphatic heterocycles. The van der Waals surface area contributed by atoms with Crippen LogP contribution >= 0.6 is 27.5 Å². The summed E-state index contributed by atoms with van der Waals surface area (Å²) in [6.07, 6.45) is 0. The standard InChI is InChI=1S/C15H13BrClNO3/c1-20-15-11(16)4-8(17)5-12(15)18-13-7-21-14-6-9(19)2-3-10(13)14/h2-6,13,18-19H,7H2,1H3. The molecule has 0 fully saturated rings. The molecule has 4 nitrogen and oxygen atoms in total. The van der Waals surface area contributed by atoms with Gasteiger partial charge in [-0.15, -0.1) is 0 Å². The Morgan fingerprint density at radius 3 is 2.95 bits per heavy atom. The van der Waals surface area contributed by atoms with Gasteiger partial charge in [-0.2, -0.15) is 0 Å². The fraction of sp³-hybridized carbons (Fsp3) is 0.200. The van der Waals surface area contributed by atoms with Gasteiger partial charge in [0.05, 0.1) is 23.3 Å². The van der Waals surface area contributed by atoms with Crippen LogP contribution in [-0.4, -0.2) is 18.8 Å².